The van der Waals surface area contributed by atoms with Gasteiger partial charge >= 0.3 is 0 Å². The van der Waals surface area contributed by atoms with E-state index in [-0.39, 0.29) is 11.4 Å². The standard InChI is InChI=1S/C14H22N4O/c1-2-3-8-18-10-11-9-14(4-6-15-7-5-14)16-13(19)12(11)17-18/h10,15H,2-9H2,1H3,(H,16,19). The second-order valence-electron chi connectivity index (χ2n) is 5.78. The van der Waals surface area contributed by atoms with Gasteiger partial charge in [-0.15, -0.1) is 0 Å². The largest absolute Gasteiger partial charge is 0.345 e. The highest BCUT2D eigenvalue weighted by Gasteiger charge is 2.40. The van der Waals surface area contributed by atoms with Gasteiger partial charge in [-0.3, -0.25) is 9.48 Å². The van der Waals surface area contributed by atoms with Crippen LogP contribution in [-0.2, 0) is 13.0 Å². The van der Waals surface area contributed by atoms with E-state index in [1.54, 1.807) is 0 Å². The number of carbonyl (C=O) groups excluding carboxylic acids is 1. The van der Waals surface area contributed by atoms with E-state index in [2.05, 4.69) is 28.9 Å². The summed E-state index contributed by atoms with van der Waals surface area (Å²) in [5.74, 6) is 0.0124. The topological polar surface area (TPSA) is 59.0 Å². The molecule has 3 rings (SSSR count). The molecule has 0 radical (unpaired) electrons. The molecule has 5 heteroatoms. The van der Waals surface area contributed by atoms with E-state index in [4.69, 9.17) is 0 Å². The molecule has 1 saturated heterocycles. The SMILES string of the molecule is CCCCn1cc2c(n1)C(=O)NC1(CCNCC1)C2. The van der Waals surface area contributed by atoms with E-state index in [1.807, 2.05) is 4.68 Å². The van der Waals surface area contributed by atoms with Gasteiger partial charge in [0.2, 0.25) is 0 Å². The zero-order chi connectivity index (χ0) is 13.3. The number of carbonyl (C=O) groups is 1. The Hall–Kier alpha value is -1.36. The predicted molar refractivity (Wildman–Crippen MR) is 73.1 cm³/mol. The lowest BCUT2D eigenvalue weighted by atomic mass is 9.80. The highest BCUT2D eigenvalue weighted by atomic mass is 16.2. The van der Waals surface area contributed by atoms with Gasteiger partial charge in [0.1, 0.15) is 0 Å². The van der Waals surface area contributed by atoms with Crippen LogP contribution in [0.25, 0.3) is 0 Å². The molecule has 0 bridgehead atoms. The second kappa shape index (κ2) is 4.96. The van der Waals surface area contributed by atoms with E-state index in [0.717, 1.165) is 57.3 Å². The van der Waals surface area contributed by atoms with Crippen molar-refractivity contribution in [2.75, 3.05) is 13.1 Å². The number of nitrogens with zero attached hydrogens (tertiary/aromatic N) is 2. The first-order chi connectivity index (χ1) is 9.22. The quantitative estimate of drug-likeness (QED) is 0.857. The summed E-state index contributed by atoms with van der Waals surface area (Å²) in [7, 11) is 0. The Morgan fingerprint density at radius 2 is 2.21 bits per heavy atom. The smallest absolute Gasteiger partial charge is 0.272 e. The molecule has 5 nitrogen and oxygen atoms in total. The minimum absolute atomic E-state index is 0.0124. The summed E-state index contributed by atoms with van der Waals surface area (Å²) in [4.78, 5) is 12.2. The van der Waals surface area contributed by atoms with Gasteiger partial charge in [-0.2, -0.15) is 5.10 Å². The summed E-state index contributed by atoms with van der Waals surface area (Å²) in [5.41, 5.74) is 1.73. The molecule has 1 aromatic rings. The molecule has 1 amide bonds. The van der Waals surface area contributed by atoms with Gasteiger partial charge in [0.25, 0.3) is 5.91 Å². The molecule has 0 aliphatic carbocycles. The van der Waals surface area contributed by atoms with Gasteiger partial charge in [-0.25, -0.2) is 0 Å². The van der Waals surface area contributed by atoms with Crippen LogP contribution in [0.3, 0.4) is 0 Å². The summed E-state index contributed by atoms with van der Waals surface area (Å²) >= 11 is 0. The van der Waals surface area contributed by atoms with Crippen molar-refractivity contribution < 1.29 is 4.79 Å². The number of nitrogens with one attached hydrogen (secondary N) is 2. The summed E-state index contributed by atoms with van der Waals surface area (Å²) < 4.78 is 1.94. The van der Waals surface area contributed by atoms with Crippen molar-refractivity contribution in [1.82, 2.24) is 20.4 Å². The van der Waals surface area contributed by atoms with Crippen molar-refractivity contribution in [3.8, 4) is 0 Å². The second-order valence-corrected chi connectivity index (χ2v) is 5.78. The minimum Gasteiger partial charge on any atom is -0.345 e. The molecule has 1 spiro atoms. The van der Waals surface area contributed by atoms with Crippen molar-refractivity contribution in [3.05, 3.63) is 17.5 Å². The molecule has 2 aliphatic rings. The lowest BCUT2D eigenvalue weighted by molar-refractivity contribution is 0.0845. The fourth-order valence-electron chi connectivity index (χ4n) is 3.13. The molecule has 0 atom stereocenters. The number of aryl methyl sites for hydroxylation is 1. The molecule has 104 valence electrons. The Balaban J connectivity index is 1.82. The van der Waals surface area contributed by atoms with E-state index < -0.39 is 0 Å². The van der Waals surface area contributed by atoms with Gasteiger partial charge in [0.15, 0.2) is 5.69 Å². The van der Waals surface area contributed by atoms with Crippen LogP contribution in [0.4, 0.5) is 0 Å². The molecule has 2 N–H and O–H groups in total. The Morgan fingerprint density at radius 1 is 1.42 bits per heavy atom. The van der Waals surface area contributed by atoms with Crippen LogP contribution in [0.2, 0.25) is 0 Å². The number of fused-ring (bicyclic) bond motifs is 1. The number of amides is 1. The summed E-state index contributed by atoms with van der Waals surface area (Å²) in [6, 6.07) is 0. The third-order valence-electron chi connectivity index (χ3n) is 4.26. The van der Waals surface area contributed by atoms with Crippen molar-refractivity contribution in [2.45, 2.75) is 51.1 Å². The van der Waals surface area contributed by atoms with Crippen molar-refractivity contribution in [2.24, 2.45) is 0 Å². The van der Waals surface area contributed by atoms with Crippen LogP contribution < -0.4 is 10.6 Å². The third kappa shape index (κ3) is 2.39. The Bertz CT molecular complexity index is 474. The fraction of sp³-hybridized carbons (Fsp3) is 0.714. The number of piperidine rings is 1. The molecular weight excluding hydrogens is 240 g/mol. The molecule has 1 fully saturated rings. The van der Waals surface area contributed by atoms with Gasteiger partial charge < -0.3 is 10.6 Å². The molecule has 3 heterocycles. The molecular formula is C14H22N4O. The Labute approximate surface area is 113 Å². The van der Waals surface area contributed by atoms with E-state index in [1.165, 1.54) is 0 Å². The first kappa shape index (κ1) is 12.7. The summed E-state index contributed by atoms with van der Waals surface area (Å²) in [5, 5.41) is 11.0. The number of hydrogen-bond donors (Lipinski definition) is 2. The van der Waals surface area contributed by atoms with Crippen molar-refractivity contribution in [3.63, 3.8) is 0 Å². The number of aromatic nitrogens is 2. The summed E-state index contributed by atoms with van der Waals surface area (Å²) in [6.07, 6.45) is 7.29. The third-order valence-corrected chi connectivity index (χ3v) is 4.26. The van der Waals surface area contributed by atoms with Gasteiger partial charge in [0, 0.05) is 23.8 Å². The molecule has 19 heavy (non-hydrogen) atoms. The van der Waals surface area contributed by atoms with Crippen LogP contribution in [0, 0.1) is 0 Å². The van der Waals surface area contributed by atoms with E-state index >= 15 is 0 Å². The lowest BCUT2D eigenvalue weighted by Crippen LogP contribution is -2.58. The molecule has 0 saturated carbocycles. The Morgan fingerprint density at radius 3 is 2.95 bits per heavy atom. The number of hydrogen-bond acceptors (Lipinski definition) is 3. The number of rotatable bonds is 3. The molecule has 0 unspecified atom stereocenters. The van der Waals surface area contributed by atoms with Gasteiger partial charge in [-0.05, 0) is 38.8 Å². The molecule has 1 aromatic heterocycles. The fourth-order valence-corrected chi connectivity index (χ4v) is 3.13. The van der Waals surface area contributed by atoms with Crippen LogP contribution >= 0.6 is 0 Å². The number of unbranched alkanes of at least 4 members (excludes halogenated alkanes) is 1. The first-order valence-corrected chi connectivity index (χ1v) is 7.32. The van der Waals surface area contributed by atoms with Crippen LogP contribution in [0.5, 0.6) is 0 Å². The average Bonchev–Trinajstić information content (AvgIpc) is 2.80. The normalized spacial score (nSPS) is 21.2. The van der Waals surface area contributed by atoms with E-state index in [9.17, 15) is 4.79 Å². The van der Waals surface area contributed by atoms with E-state index in [0.29, 0.717) is 5.69 Å². The monoisotopic (exact) mass is 262 g/mol. The van der Waals surface area contributed by atoms with Crippen LogP contribution in [-0.4, -0.2) is 34.3 Å². The first-order valence-electron chi connectivity index (χ1n) is 7.32. The highest BCUT2D eigenvalue weighted by Crippen LogP contribution is 2.29. The zero-order valence-corrected chi connectivity index (χ0v) is 11.5. The maximum absolute atomic E-state index is 12.2. The highest BCUT2D eigenvalue weighted by molar-refractivity contribution is 5.95. The van der Waals surface area contributed by atoms with Crippen molar-refractivity contribution in [1.29, 1.82) is 0 Å². The minimum atomic E-state index is -0.0338. The van der Waals surface area contributed by atoms with Gasteiger partial charge in [-0.1, -0.05) is 13.3 Å². The average molecular weight is 262 g/mol. The van der Waals surface area contributed by atoms with Crippen molar-refractivity contribution >= 4 is 5.91 Å². The molecule has 0 aromatic carbocycles. The maximum Gasteiger partial charge on any atom is 0.272 e. The zero-order valence-electron chi connectivity index (χ0n) is 11.5. The van der Waals surface area contributed by atoms with Gasteiger partial charge in [0.05, 0.1) is 0 Å². The molecule has 2 aliphatic heterocycles. The Kier molecular flexibility index (Phi) is 3.31. The predicted octanol–water partition coefficient (Wildman–Crippen LogP) is 1.09. The maximum atomic E-state index is 12.2. The van der Waals surface area contributed by atoms with Crippen LogP contribution in [0.1, 0.15) is 48.7 Å². The summed E-state index contributed by atoms with van der Waals surface area (Å²) in [6.45, 7) is 5.05. The lowest BCUT2D eigenvalue weighted by Gasteiger charge is -2.40. The van der Waals surface area contributed by atoms with Crippen LogP contribution in [0.15, 0.2) is 6.20 Å².